The number of nitrogens with one attached hydrogen (secondary N) is 2. The van der Waals surface area contributed by atoms with E-state index in [9.17, 15) is 13.2 Å². The van der Waals surface area contributed by atoms with Crippen molar-refractivity contribution in [1.82, 2.24) is 25.6 Å². The molecule has 3 aromatic rings. The lowest BCUT2D eigenvalue weighted by Crippen LogP contribution is -2.05. The number of H-pyrrole nitrogens is 1. The minimum Gasteiger partial charge on any atom is -0.436 e. The molecule has 0 radical (unpaired) electrons. The van der Waals surface area contributed by atoms with Crippen LogP contribution in [-0.4, -0.2) is 25.6 Å². The fraction of sp³-hybridized carbons (Fsp3) is 0.0625. The average Bonchev–Trinajstić information content (AvgIpc) is 3.19. The number of halogens is 5. The maximum atomic E-state index is 12.7. The summed E-state index contributed by atoms with van der Waals surface area (Å²) in [6, 6.07) is 7.09. The smallest absolute Gasteiger partial charge is 0.417 e. The summed E-state index contributed by atoms with van der Waals surface area (Å²) >= 11 is 12.0. The Balaban J connectivity index is 1.76. The first-order valence-electron chi connectivity index (χ1n) is 7.58. The van der Waals surface area contributed by atoms with Crippen LogP contribution in [0.3, 0.4) is 0 Å². The summed E-state index contributed by atoms with van der Waals surface area (Å²) in [5.74, 6) is -0.00542. The van der Waals surface area contributed by atoms with Crippen LogP contribution in [0.15, 0.2) is 36.7 Å². The number of nitrogens with zero attached hydrogens (tertiary/aromatic N) is 5. The fourth-order valence-corrected chi connectivity index (χ4v) is 2.44. The van der Waals surface area contributed by atoms with Crippen LogP contribution in [0.5, 0.6) is 11.6 Å². The van der Waals surface area contributed by atoms with E-state index in [2.05, 4.69) is 30.9 Å². The summed E-state index contributed by atoms with van der Waals surface area (Å²) in [4.78, 5) is 3.59. The van der Waals surface area contributed by atoms with Crippen LogP contribution in [0.2, 0.25) is 10.0 Å². The highest BCUT2D eigenvalue weighted by atomic mass is 35.5. The molecule has 29 heavy (non-hydrogen) atoms. The Labute approximate surface area is 170 Å². The molecule has 0 aliphatic heterocycles. The number of alkyl halides is 3. The van der Waals surface area contributed by atoms with Gasteiger partial charge in [-0.15, -0.1) is 10.2 Å². The van der Waals surface area contributed by atoms with E-state index < -0.39 is 11.7 Å². The third-order valence-corrected chi connectivity index (χ3v) is 3.93. The van der Waals surface area contributed by atoms with Gasteiger partial charge >= 0.3 is 6.18 Å². The van der Waals surface area contributed by atoms with Gasteiger partial charge in [0.2, 0.25) is 11.7 Å². The van der Waals surface area contributed by atoms with Crippen molar-refractivity contribution in [3.63, 3.8) is 0 Å². The molecule has 2 heterocycles. The van der Waals surface area contributed by atoms with Crippen molar-refractivity contribution in [1.29, 1.82) is 5.26 Å². The maximum absolute atomic E-state index is 12.7. The fourth-order valence-electron chi connectivity index (χ4n) is 2.01. The number of allylic oxidation sites excluding steroid dienone is 1. The maximum Gasteiger partial charge on any atom is 0.417 e. The van der Waals surface area contributed by atoms with E-state index in [1.165, 1.54) is 18.3 Å². The summed E-state index contributed by atoms with van der Waals surface area (Å²) in [6.45, 7) is 0. The Morgan fingerprint density at radius 1 is 1.24 bits per heavy atom. The standard InChI is InChI=1S/C16H8Cl2F3N7O/c17-11-4-10(23-6-8(5-22)14-25-27-28-26-14)1-2-13(11)29-15-12(18)3-9(7-24-15)16(19,20)21/h1-4,6-7,23H,(H,25,26,27,28). The second kappa shape index (κ2) is 8.34. The summed E-state index contributed by atoms with van der Waals surface area (Å²) in [6.07, 6.45) is -2.61. The lowest BCUT2D eigenvalue weighted by Gasteiger charge is -2.11. The van der Waals surface area contributed by atoms with Gasteiger partial charge in [-0.05, 0) is 29.5 Å². The van der Waals surface area contributed by atoms with Gasteiger partial charge in [0.25, 0.3) is 0 Å². The Morgan fingerprint density at radius 2 is 2.03 bits per heavy atom. The highest BCUT2D eigenvalue weighted by molar-refractivity contribution is 6.33. The molecular formula is C16H8Cl2F3N7O. The number of rotatable bonds is 5. The molecule has 0 bridgehead atoms. The molecule has 0 saturated heterocycles. The van der Waals surface area contributed by atoms with Crippen molar-refractivity contribution in [3.8, 4) is 17.7 Å². The molecule has 0 aliphatic carbocycles. The van der Waals surface area contributed by atoms with Gasteiger partial charge in [0.15, 0.2) is 0 Å². The highest BCUT2D eigenvalue weighted by Gasteiger charge is 2.31. The van der Waals surface area contributed by atoms with E-state index in [4.69, 9.17) is 33.2 Å². The molecule has 2 aromatic heterocycles. The molecule has 8 nitrogen and oxygen atoms in total. The van der Waals surface area contributed by atoms with Gasteiger partial charge < -0.3 is 10.1 Å². The van der Waals surface area contributed by atoms with Crippen molar-refractivity contribution >= 4 is 34.5 Å². The number of anilines is 1. The first-order valence-corrected chi connectivity index (χ1v) is 8.34. The second-order valence-electron chi connectivity index (χ2n) is 5.31. The van der Waals surface area contributed by atoms with Crippen LogP contribution in [0.1, 0.15) is 11.4 Å². The Hall–Kier alpha value is -3.36. The number of benzene rings is 1. The number of aromatic nitrogens is 5. The molecule has 0 saturated carbocycles. The minimum atomic E-state index is -4.57. The molecule has 2 N–H and O–H groups in total. The molecule has 0 fully saturated rings. The van der Waals surface area contributed by atoms with E-state index in [0.717, 1.165) is 0 Å². The van der Waals surface area contributed by atoms with Crippen molar-refractivity contribution in [2.75, 3.05) is 5.32 Å². The number of hydrogen-bond donors (Lipinski definition) is 2. The molecule has 0 spiro atoms. The van der Waals surface area contributed by atoms with Crippen molar-refractivity contribution in [2.45, 2.75) is 6.18 Å². The zero-order valence-corrected chi connectivity index (χ0v) is 15.5. The van der Waals surface area contributed by atoms with Gasteiger partial charge in [-0.25, -0.2) is 4.98 Å². The lowest BCUT2D eigenvalue weighted by molar-refractivity contribution is -0.137. The van der Waals surface area contributed by atoms with E-state index in [-0.39, 0.29) is 33.1 Å². The number of ether oxygens (including phenoxy) is 1. The van der Waals surface area contributed by atoms with Gasteiger partial charge in [-0.2, -0.15) is 23.6 Å². The van der Waals surface area contributed by atoms with E-state index in [1.807, 2.05) is 6.07 Å². The van der Waals surface area contributed by atoms with Gasteiger partial charge in [-0.1, -0.05) is 23.2 Å². The molecule has 0 aliphatic rings. The number of nitriles is 1. The minimum absolute atomic E-state index is 0.106. The van der Waals surface area contributed by atoms with E-state index >= 15 is 0 Å². The third kappa shape index (κ3) is 4.92. The van der Waals surface area contributed by atoms with Crippen LogP contribution in [0, 0.1) is 11.3 Å². The quantitative estimate of drug-likeness (QED) is 0.552. The summed E-state index contributed by atoms with van der Waals surface area (Å²) in [5.41, 5.74) is -0.386. The summed E-state index contributed by atoms with van der Waals surface area (Å²) in [7, 11) is 0. The zero-order valence-electron chi connectivity index (χ0n) is 14.0. The largest absolute Gasteiger partial charge is 0.436 e. The molecule has 0 amide bonds. The molecule has 0 atom stereocenters. The predicted molar refractivity (Wildman–Crippen MR) is 97.2 cm³/mol. The Bertz CT molecular complexity index is 1090. The SMILES string of the molecule is N#CC(=CNc1ccc(Oc2ncc(C(F)(F)F)cc2Cl)c(Cl)c1)c1nn[nH]n1. The van der Waals surface area contributed by atoms with Crippen molar-refractivity contribution in [3.05, 3.63) is 58.1 Å². The van der Waals surface area contributed by atoms with Crippen LogP contribution < -0.4 is 10.1 Å². The lowest BCUT2D eigenvalue weighted by atomic mass is 10.2. The molecule has 148 valence electrons. The van der Waals surface area contributed by atoms with E-state index in [0.29, 0.717) is 18.0 Å². The second-order valence-corrected chi connectivity index (χ2v) is 6.12. The van der Waals surface area contributed by atoms with Crippen LogP contribution in [0.4, 0.5) is 18.9 Å². The van der Waals surface area contributed by atoms with Crippen LogP contribution in [0.25, 0.3) is 5.57 Å². The van der Waals surface area contributed by atoms with Crippen molar-refractivity contribution < 1.29 is 17.9 Å². The Morgan fingerprint density at radius 3 is 2.62 bits per heavy atom. The zero-order chi connectivity index (χ0) is 21.0. The van der Waals surface area contributed by atoms with Gasteiger partial charge in [-0.3, -0.25) is 0 Å². The van der Waals surface area contributed by atoms with Gasteiger partial charge in [0.1, 0.15) is 22.4 Å². The number of aromatic amines is 1. The monoisotopic (exact) mass is 441 g/mol. The topological polar surface area (TPSA) is 112 Å². The predicted octanol–water partition coefficient (Wildman–Crippen LogP) is 4.69. The van der Waals surface area contributed by atoms with E-state index in [1.54, 1.807) is 6.07 Å². The average molecular weight is 442 g/mol. The van der Waals surface area contributed by atoms with Crippen molar-refractivity contribution in [2.24, 2.45) is 0 Å². The van der Waals surface area contributed by atoms with Gasteiger partial charge in [0.05, 0.1) is 10.6 Å². The van der Waals surface area contributed by atoms with Gasteiger partial charge in [0, 0.05) is 18.1 Å². The first-order chi connectivity index (χ1) is 13.8. The molecule has 0 unspecified atom stereocenters. The molecular weight excluding hydrogens is 434 g/mol. The normalized spacial score (nSPS) is 11.8. The first kappa shape index (κ1) is 20.4. The molecule has 13 heteroatoms. The highest BCUT2D eigenvalue weighted by Crippen LogP contribution is 2.37. The number of tetrazole rings is 1. The molecule has 1 aromatic carbocycles. The van der Waals surface area contributed by atoms with Crippen LogP contribution >= 0.6 is 23.2 Å². The Kier molecular flexibility index (Phi) is 5.86. The molecule has 3 rings (SSSR count). The third-order valence-electron chi connectivity index (χ3n) is 3.36. The summed E-state index contributed by atoms with van der Waals surface area (Å²) < 4.78 is 43.4. The number of hydrogen-bond acceptors (Lipinski definition) is 7. The number of pyridine rings is 1. The van der Waals surface area contributed by atoms with Crippen LogP contribution in [-0.2, 0) is 6.18 Å². The summed E-state index contributed by atoms with van der Waals surface area (Å²) in [5, 5.41) is 24.7.